The molecule has 4 heterocycles. The molecule has 7 nitrogen and oxygen atoms in total. The number of aromatic nitrogens is 2. The van der Waals surface area contributed by atoms with Gasteiger partial charge in [0, 0.05) is 45.9 Å². The number of anilines is 1. The molecule has 0 aromatic carbocycles. The van der Waals surface area contributed by atoms with Crippen LogP contribution in [0.1, 0.15) is 36.9 Å². The summed E-state index contributed by atoms with van der Waals surface area (Å²) in [6, 6.07) is 5.79. The minimum atomic E-state index is -0.0713. The van der Waals surface area contributed by atoms with Crippen molar-refractivity contribution in [2.45, 2.75) is 31.9 Å². The third kappa shape index (κ3) is 3.83. The maximum Gasteiger partial charge on any atom is 0.268 e. The van der Waals surface area contributed by atoms with Gasteiger partial charge >= 0.3 is 0 Å². The Kier molecular flexibility index (Phi) is 5.08. The van der Waals surface area contributed by atoms with Crippen LogP contribution in [-0.4, -0.2) is 47.5 Å². The predicted octanol–water partition coefficient (Wildman–Crippen LogP) is 1.94. The lowest BCUT2D eigenvalue weighted by atomic mass is 10.1. The van der Waals surface area contributed by atoms with E-state index in [0.29, 0.717) is 0 Å². The number of furan rings is 1. The van der Waals surface area contributed by atoms with Crippen LogP contribution >= 0.6 is 0 Å². The third-order valence-corrected chi connectivity index (χ3v) is 5.25. The Morgan fingerprint density at radius 1 is 1.19 bits per heavy atom. The molecule has 0 unspecified atom stereocenters. The second kappa shape index (κ2) is 7.63. The molecule has 1 atom stereocenters. The van der Waals surface area contributed by atoms with Gasteiger partial charge in [0.2, 0.25) is 0 Å². The Morgan fingerprint density at radius 2 is 2.04 bits per heavy atom. The van der Waals surface area contributed by atoms with Crippen molar-refractivity contribution >= 4 is 5.69 Å². The molecule has 0 saturated carbocycles. The summed E-state index contributed by atoms with van der Waals surface area (Å²) in [6.45, 7) is 5.29. The van der Waals surface area contributed by atoms with Gasteiger partial charge in [-0.25, -0.2) is 4.68 Å². The van der Waals surface area contributed by atoms with Crippen molar-refractivity contribution in [2.24, 2.45) is 7.05 Å². The lowest BCUT2D eigenvalue weighted by molar-refractivity contribution is 0.000833. The zero-order chi connectivity index (χ0) is 17.9. The van der Waals surface area contributed by atoms with E-state index in [1.165, 1.54) is 11.1 Å². The number of nitrogens with zero attached hydrogens (tertiary/aromatic N) is 4. The molecule has 140 valence electrons. The minimum absolute atomic E-state index is 0.0713. The van der Waals surface area contributed by atoms with E-state index in [0.717, 1.165) is 69.4 Å². The lowest BCUT2D eigenvalue weighted by Gasteiger charge is -2.35. The molecule has 0 radical (unpaired) electrons. The van der Waals surface area contributed by atoms with Crippen molar-refractivity contribution in [3.8, 4) is 0 Å². The number of hydrogen-bond acceptors (Lipinski definition) is 6. The molecule has 2 saturated heterocycles. The monoisotopic (exact) mass is 358 g/mol. The zero-order valence-electron chi connectivity index (χ0n) is 15.3. The van der Waals surface area contributed by atoms with Gasteiger partial charge in [0.25, 0.3) is 5.56 Å². The van der Waals surface area contributed by atoms with Crippen molar-refractivity contribution in [1.82, 2.24) is 14.7 Å². The molecule has 7 heteroatoms. The standard InChI is InChI=1S/C19H26N4O3/c1-21-19(24)12-15(13-20-21)23-9-7-22(8-10-23)14-16-5-6-18(26-16)17-4-2-3-11-25-17/h5-6,12-13,17H,2-4,7-11,14H2,1H3/t17-/m1/s1. The van der Waals surface area contributed by atoms with Crippen LogP contribution in [0.2, 0.25) is 0 Å². The summed E-state index contributed by atoms with van der Waals surface area (Å²) in [5.41, 5.74) is 0.834. The van der Waals surface area contributed by atoms with E-state index in [-0.39, 0.29) is 11.7 Å². The smallest absolute Gasteiger partial charge is 0.268 e. The van der Waals surface area contributed by atoms with Gasteiger partial charge in [-0.1, -0.05) is 0 Å². The summed E-state index contributed by atoms with van der Waals surface area (Å²) in [6.07, 6.45) is 5.30. The van der Waals surface area contributed by atoms with Crippen molar-refractivity contribution < 1.29 is 9.15 Å². The second-order valence-corrected chi connectivity index (χ2v) is 7.10. The first-order chi connectivity index (χ1) is 12.7. The molecule has 2 fully saturated rings. The average molecular weight is 358 g/mol. The van der Waals surface area contributed by atoms with Gasteiger partial charge in [0.05, 0.1) is 18.4 Å². The van der Waals surface area contributed by atoms with Crippen LogP contribution in [0.25, 0.3) is 0 Å². The first-order valence-corrected chi connectivity index (χ1v) is 9.40. The van der Waals surface area contributed by atoms with Crippen molar-refractivity contribution in [3.05, 3.63) is 46.3 Å². The molecule has 26 heavy (non-hydrogen) atoms. The SMILES string of the molecule is Cn1ncc(N2CCN(Cc3ccc([C@H]4CCCCO4)o3)CC2)cc1=O. The van der Waals surface area contributed by atoms with E-state index >= 15 is 0 Å². The van der Waals surface area contributed by atoms with Crippen LogP contribution in [0, 0.1) is 0 Å². The van der Waals surface area contributed by atoms with Crippen LogP contribution in [0.15, 0.2) is 33.6 Å². The summed E-state index contributed by atoms with van der Waals surface area (Å²) in [5.74, 6) is 1.96. The normalized spacial score (nSPS) is 21.9. The molecule has 2 aliphatic heterocycles. The Labute approximate surface area is 153 Å². The van der Waals surface area contributed by atoms with Gasteiger partial charge in [-0.2, -0.15) is 5.10 Å². The second-order valence-electron chi connectivity index (χ2n) is 7.10. The number of piperazine rings is 1. The molecule has 0 aliphatic carbocycles. The van der Waals surface area contributed by atoms with E-state index in [9.17, 15) is 4.79 Å². The lowest BCUT2D eigenvalue weighted by Crippen LogP contribution is -2.46. The molecule has 4 rings (SSSR count). The maximum absolute atomic E-state index is 11.8. The molecule has 0 bridgehead atoms. The molecular formula is C19H26N4O3. The van der Waals surface area contributed by atoms with Gasteiger partial charge in [0.1, 0.15) is 17.6 Å². The summed E-state index contributed by atoms with van der Waals surface area (Å²) < 4.78 is 13.2. The fourth-order valence-electron chi connectivity index (χ4n) is 3.63. The Balaban J connectivity index is 1.31. The number of ether oxygens (including phenoxy) is 1. The van der Waals surface area contributed by atoms with Gasteiger partial charge in [-0.3, -0.25) is 9.69 Å². The highest BCUT2D eigenvalue weighted by Gasteiger charge is 2.22. The van der Waals surface area contributed by atoms with Gasteiger partial charge in [-0.15, -0.1) is 0 Å². The van der Waals surface area contributed by atoms with E-state index in [1.54, 1.807) is 19.3 Å². The van der Waals surface area contributed by atoms with Crippen LogP contribution < -0.4 is 10.5 Å². The molecule has 0 N–H and O–H groups in total. The molecule has 0 spiro atoms. The fraction of sp³-hybridized carbons (Fsp3) is 0.579. The minimum Gasteiger partial charge on any atom is -0.462 e. The number of aryl methyl sites for hydroxylation is 1. The summed E-state index contributed by atoms with van der Waals surface area (Å²) in [7, 11) is 1.67. The summed E-state index contributed by atoms with van der Waals surface area (Å²) in [5, 5.41) is 4.11. The summed E-state index contributed by atoms with van der Waals surface area (Å²) in [4.78, 5) is 16.4. The number of hydrogen-bond donors (Lipinski definition) is 0. The van der Waals surface area contributed by atoms with Crippen LogP contribution in [0.5, 0.6) is 0 Å². The highest BCUT2D eigenvalue weighted by molar-refractivity contribution is 5.43. The van der Waals surface area contributed by atoms with E-state index in [2.05, 4.69) is 27.0 Å². The van der Waals surface area contributed by atoms with E-state index in [4.69, 9.17) is 9.15 Å². The fourth-order valence-corrected chi connectivity index (χ4v) is 3.63. The molecule has 2 aromatic heterocycles. The van der Waals surface area contributed by atoms with Gasteiger partial charge in [0.15, 0.2) is 0 Å². The van der Waals surface area contributed by atoms with E-state index < -0.39 is 0 Å². The van der Waals surface area contributed by atoms with Gasteiger partial charge < -0.3 is 14.1 Å². The van der Waals surface area contributed by atoms with Crippen molar-refractivity contribution in [1.29, 1.82) is 0 Å². The highest BCUT2D eigenvalue weighted by atomic mass is 16.5. The number of rotatable bonds is 4. The van der Waals surface area contributed by atoms with Crippen LogP contribution in [0.3, 0.4) is 0 Å². The Hall–Kier alpha value is -2.12. The van der Waals surface area contributed by atoms with E-state index in [1.807, 2.05) is 0 Å². The third-order valence-electron chi connectivity index (χ3n) is 5.25. The maximum atomic E-state index is 11.8. The molecular weight excluding hydrogens is 332 g/mol. The quantitative estimate of drug-likeness (QED) is 0.832. The topological polar surface area (TPSA) is 63.7 Å². The van der Waals surface area contributed by atoms with Gasteiger partial charge in [-0.05, 0) is 31.4 Å². The first-order valence-electron chi connectivity index (χ1n) is 9.40. The Bertz CT molecular complexity index is 786. The average Bonchev–Trinajstić information content (AvgIpc) is 3.14. The van der Waals surface area contributed by atoms with Crippen LogP contribution in [0.4, 0.5) is 5.69 Å². The molecule has 2 aromatic rings. The Morgan fingerprint density at radius 3 is 2.77 bits per heavy atom. The highest BCUT2D eigenvalue weighted by Crippen LogP contribution is 2.29. The zero-order valence-corrected chi connectivity index (χ0v) is 15.3. The first kappa shape index (κ1) is 17.3. The van der Waals surface area contributed by atoms with Crippen molar-refractivity contribution in [3.63, 3.8) is 0 Å². The van der Waals surface area contributed by atoms with Crippen LogP contribution in [-0.2, 0) is 18.3 Å². The largest absolute Gasteiger partial charge is 0.462 e. The predicted molar refractivity (Wildman–Crippen MR) is 98.2 cm³/mol. The summed E-state index contributed by atoms with van der Waals surface area (Å²) >= 11 is 0. The molecule has 0 amide bonds. The molecule has 2 aliphatic rings. The van der Waals surface area contributed by atoms with Crippen molar-refractivity contribution in [2.75, 3.05) is 37.7 Å².